The van der Waals surface area contributed by atoms with Gasteiger partial charge in [-0.05, 0) is 39.3 Å². The van der Waals surface area contributed by atoms with Crippen LogP contribution in [-0.2, 0) is 11.3 Å². The van der Waals surface area contributed by atoms with Gasteiger partial charge in [-0.1, -0.05) is 6.92 Å². The molecular weight excluding hydrogens is 218 g/mol. The first-order valence-corrected chi connectivity index (χ1v) is 6.01. The van der Waals surface area contributed by atoms with Crippen molar-refractivity contribution in [1.29, 1.82) is 0 Å². The SMILES string of the molecule is CCCNC(CCn1nc(C)cc1C)C(=O)O. The van der Waals surface area contributed by atoms with Crippen LogP contribution < -0.4 is 5.32 Å². The summed E-state index contributed by atoms with van der Waals surface area (Å²) < 4.78 is 1.86. The van der Waals surface area contributed by atoms with Gasteiger partial charge in [0.05, 0.1) is 5.69 Å². The molecule has 0 aliphatic carbocycles. The number of hydrogen-bond acceptors (Lipinski definition) is 3. The fourth-order valence-electron chi connectivity index (χ4n) is 1.78. The molecule has 0 fully saturated rings. The monoisotopic (exact) mass is 239 g/mol. The first kappa shape index (κ1) is 13.7. The second-order valence-corrected chi connectivity index (χ2v) is 4.28. The van der Waals surface area contributed by atoms with Gasteiger partial charge < -0.3 is 10.4 Å². The zero-order valence-electron chi connectivity index (χ0n) is 10.7. The molecule has 1 atom stereocenters. The third-order valence-corrected chi connectivity index (χ3v) is 2.67. The minimum atomic E-state index is -0.792. The fourth-order valence-corrected chi connectivity index (χ4v) is 1.78. The van der Waals surface area contributed by atoms with Gasteiger partial charge in [-0.2, -0.15) is 5.10 Å². The molecule has 0 bridgehead atoms. The highest BCUT2D eigenvalue weighted by Crippen LogP contribution is 2.04. The molecular formula is C12H21N3O2. The van der Waals surface area contributed by atoms with Gasteiger partial charge in [0.1, 0.15) is 6.04 Å². The molecule has 0 saturated heterocycles. The van der Waals surface area contributed by atoms with Gasteiger partial charge >= 0.3 is 5.97 Å². The molecule has 5 heteroatoms. The van der Waals surface area contributed by atoms with Crippen LogP contribution in [0.3, 0.4) is 0 Å². The molecule has 1 aromatic rings. The fraction of sp³-hybridized carbons (Fsp3) is 0.667. The Hall–Kier alpha value is -1.36. The number of nitrogens with zero attached hydrogens (tertiary/aromatic N) is 2. The van der Waals surface area contributed by atoms with Gasteiger partial charge in [-0.25, -0.2) is 0 Å². The second-order valence-electron chi connectivity index (χ2n) is 4.28. The van der Waals surface area contributed by atoms with E-state index in [0.717, 1.165) is 24.4 Å². The second kappa shape index (κ2) is 6.39. The summed E-state index contributed by atoms with van der Waals surface area (Å²) in [5.74, 6) is -0.792. The maximum absolute atomic E-state index is 11.0. The average Bonchev–Trinajstić information content (AvgIpc) is 2.57. The molecule has 1 heterocycles. The molecule has 0 spiro atoms. The molecule has 0 amide bonds. The van der Waals surface area contributed by atoms with Crippen molar-refractivity contribution in [2.75, 3.05) is 6.54 Å². The maximum atomic E-state index is 11.0. The highest BCUT2D eigenvalue weighted by atomic mass is 16.4. The van der Waals surface area contributed by atoms with Crippen molar-refractivity contribution in [3.05, 3.63) is 17.5 Å². The van der Waals surface area contributed by atoms with Crippen LogP contribution in [0.5, 0.6) is 0 Å². The molecule has 2 N–H and O–H groups in total. The average molecular weight is 239 g/mol. The van der Waals surface area contributed by atoms with E-state index < -0.39 is 12.0 Å². The highest BCUT2D eigenvalue weighted by Gasteiger charge is 2.16. The van der Waals surface area contributed by atoms with Crippen LogP contribution in [-0.4, -0.2) is 33.4 Å². The van der Waals surface area contributed by atoms with Gasteiger partial charge in [0.2, 0.25) is 0 Å². The lowest BCUT2D eigenvalue weighted by molar-refractivity contribution is -0.139. The Kier molecular flexibility index (Phi) is 5.15. The van der Waals surface area contributed by atoms with Crippen LogP contribution in [0.4, 0.5) is 0 Å². The summed E-state index contributed by atoms with van der Waals surface area (Å²) in [6.45, 7) is 7.30. The Balaban J connectivity index is 2.51. The standard InChI is InChI=1S/C12H21N3O2/c1-4-6-13-11(12(16)17)5-7-15-10(3)8-9(2)14-15/h8,11,13H,4-7H2,1-3H3,(H,16,17). The predicted molar refractivity (Wildman–Crippen MR) is 66.0 cm³/mol. The quantitative estimate of drug-likeness (QED) is 0.753. The van der Waals surface area contributed by atoms with Crippen LogP contribution in [0.25, 0.3) is 0 Å². The Morgan fingerprint density at radius 1 is 1.59 bits per heavy atom. The molecule has 1 aromatic heterocycles. The number of carbonyl (C=O) groups is 1. The van der Waals surface area contributed by atoms with E-state index in [1.807, 2.05) is 31.5 Å². The number of aromatic nitrogens is 2. The Morgan fingerprint density at radius 3 is 2.76 bits per heavy atom. The number of hydrogen-bond donors (Lipinski definition) is 2. The number of rotatable bonds is 7. The number of nitrogens with one attached hydrogen (secondary N) is 1. The third-order valence-electron chi connectivity index (χ3n) is 2.67. The van der Waals surface area contributed by atoms with E-state index in [1.54, 1.807) is 0 Å². The van der Waals surface area contributed by atoms with Crippen molar-refractivity contribution in [3.63, 3.8) is 0 Å². The summed E-state index contributed by atoms with van der Waals surface area (Å²) >= 11 is 0. The van der Waals surface area contributed by atoms with Gasteiger partial charge in [-0.15, -0.1) is 0 Å². The first-order valence-electron chi connectivity index (χ1n) is 6.01. The summed E-state index contributed by atoms with van der Waals surface area (Å²) in [6.07, 6.45) is 1.49. The van der Waals surface area contributed by atoms with E-state index in [9.17, 15) is 4.79 Å². The van der Waals surface area contributed by atoms with Gasteiger partial charge in [0.25, 0.3) is 0 Å². The van der Waals surface area contributed by atoms with Crippen molar-refractivity contribution in [2.24, 2.45) is 0 Å². The molecule has 0 aliphatic heterocycles. The molecule has 0 aromatic carbocycles. The lowest BCUT2D eigenvalue weighted by Crippen LogP contribution is -2.38. The summed E-state index contributed by atoms with van der Waals surface area (Å²) in [4.78, 5) is 11.0. The normalized spacial score (nSPS) is 12.6. The van der Waals surface area contributed by atoms with Crippen LogP contribution in [0.1, 0.15) is 31.2 Å². The van der Waals surface area contributed by atoms with Crippen molar-refractivity contribution in [2.45, 2.75) is 46.2 Å². The van der Waals surface area contributed by atoms with E-state index in [2.05, 4.69) is 10.4 Å². The van der Waals surface area contributed by atoms with E-state index in [1.165, 1.54) is 0 Å². The van der Waals surface area contributed by atoms with Crippen molar-refractivity contribution in [1.82, 2.24) is 15.1 Å². The minimum Gasteiger partial charge on any atom is -0.480 e. The summed E-state index contributed by atoms with van der Waals surface area (Å²) in [5, 5.41) is 16.4. The van der Waals surface area contributed by atoms with E-state index in [4.69, 9.17) is 5.11 Å². The molecule has 1 rings (SSSR count). The van der Waals surface area contributed by atoms with Crippen LogP contribution >= 0.6 is 0 Å². The van der Waals surface area contributed by atoms with Crippen LogP contribution in [0, 0.1) is 13.8 Å². The van der Waals surface area contributed by atoms with Crippen molar-refractivity contribution in [3.8, 4) is 0 Å². The lowest BCUT2D eigenvalue weighted by Gasteiger charge is -2.14. The molecule has 0 aliphatic rings. The Morgan fingerprint density at radius 2 is 2.29 bits per heavy atom. The van der Waals surface area contributed by atoms with Gasteiger partial charge in [-0.3, -0.25) is 9.48 Å². The van der Waals surface area contributed by atoms with Gasteiger partial charge in [0, 0.05) is 12.2 Å². The van der Waals surface area contributed by atoms with Crippen molar-refractivity contribution >= 4 is 5.97 Å². The molecule has 5 nitrogen and oxygen atoms in total. The zero-order valence-corrected chi connectivity index (χ0v) is 10.7. The van der Waals surface area contributed by atoms with Crippen LogP contribution in [0.2, 0.25) is 0 Å². The van der Waals surface area contributed by atoms with Crippen molar-refractivity contribution < 1.29 is 9.90 Å². The lowest BCUT2D eigenvalue weighted by atomic mass is 10.2. The zero-order chi connectivity index (χ0) is 12.8. The van der Waals surface area contributed by atoms with Crippen LogP contribution in [0.15, 0.2) is 6.07 Å². The first-order chi connectivity index (χ1) is 8.04. The predicted octanol–water partition coefficient (Wildman–Crippen LogP) is 1.34. The smallest absolute Gasteiger partial charge is 0.320 e. The van der Waals surface area contributed by atoms with E-state index in [-0.39, 0.29) is 0 Å². The Labute approximate surface area is 102 Å². The highest BCUT2D eigenvalue weighted by molar-refractivity contribution is 5.73. The number of aliphatic carboxylic acids is 1. The van der Waals surface area contributed by atoms with E-state index >= 15 is 0 Å². The molecule has 1 unspecified atom stereocenters. The summed E-state index contributed by atoms with van der Waals surface area (Å²) in [7, 11) is 0. The number of carboxylic acid groups (broad SMARTS) is 1. The molecule has 0 radical (unpaired) electrons. The molecule has 0 saturated carbocycles. The third kappa shape index (κ3) is 4.19. The Bertz CT molecular complexity index is 374. The number of aryl methyl sites for hydroxylation is 3. The summed E-state index contributed by atoms with van der Waals surface area (Å²) in [5.41, 5.74) is 2.04. The molecule has 96 valence electrons. The largest absolute Gasteiger partial charge is 0.480 e. The minimum absolute atomic E-state index is 0.487. The summed E-state index contributed by atoms with van der Waals surface area (Å²) in [6, 6.07) is 1.51. The van der Waals surface area contributed by atoms with Gasteiger partial charge in [0.15, 0.2) is 0 Å². The number of carboxylic acids is 1. The van der Waals surface area contributed by atoms with E-state index in [0.29, 0.717) is 13.0 Å². The maximum Gasteiger partial charge on any atom is 0.320 e. The topological polar surface area (TPSA) is 67.2 Å². The molecule has 17 heavy (non-hydrogen) atoms.